The average molecular weight is 649 g/mol. The molecule has 0 spiro atoms. The minimum atomic E-state index is -0.636. The lowest BCUT2D eigenvalue weighted by molar-refractivity contribution is -0.384. The third kappa shape index (κ3) is 8.59. The van der Waals surface area contributed by atoms with Crippen molar-refractivity contribution in [2.45, 2.75) is 4.90 Å². The van der Waals surface area contributed by atoms with E-state index in [2.05, 4.69) is 31.9 Å². The normalized spacial score (nSPS) is 11.0. The third-order valence-corrected chi connectivity index (χ3v) is 7.10. The number of hydrogen-bond donors (Lipinski definition) is 3. The van der Waals surface area contributed by atoms with Crippen molar-refractivity contribution in [3.05, 3.63) is 134 Å². The van der Waals surface area contributed by atoms with Gasteiger partial charge in [-0.05, 0) is 72.3 Å². The Labute approximate surface area is 252 Å². The van der Waals surface area contributed by atoms with Crippen LogP contribution >= 0.6 is 27.7 Å². The Morgan fingerprint density at radius 1 is 0.905 bits per heavy atom. The van der Waals surface area contributed by atoms with Crippen LogP contribution in [0.2, 0.25) is 0 Å². The number of carbonyl (C=O) groups excluding carboxylic acids is 3. The molecule has 0 aliphatic carbocycles. The number of amides is 3. The highest BCUT2D eigenvalue weighted by atomic mass is 79.9. The van der Waals surface area contributed by atoms with Crippen LogP contribution in [0.25, 0.3) is 6.08 Å². The molecule has 4 aromatic rings. The van der Waals surface area contributed by atoms with Gasteiger partial charge >= 0.3 is 0 Å². The van der Waals surface area contributed by atoms with Crippen LogP contribution < -0.4 is 16.0 Å². The molecule has 0 saturated carbocycles. The van der Waals surface area contributed by atoms with Crippen molar-refractivity contribution in [1.29, 1.82) is 0 Å². The monoisotopic (exact) mass is 648 g/mol. The molecule has 0 bridgehead atoms. The lowest BCUT2D eigenvalue weighted by Gasteiger charge is -2.12. The fraction of sp³-hybridized carbons (Fsp3) is 0.0333. The maximum atomic E-state index is 14.0. The summed E-state index contributed by atoms with van der Waals surface area (Å²) in [5.74, 6) is -2.14. The van der Waals surface area contributed by atoms with Crippen molar-refractivity contribution < 1.29 is 23.7 Å². The van der Waals surface area contributed by atoms with Crippen molar-refractivity contribution in [1.82, 2.24) is 5.32 Å². The summed E-state index contributed by atoms with van der Waals surface area (Å²) in [5.41, 5.74) is 1.04. The molecule has 4 aromatic carbocycles. The van der Waals surface area contributed by atoms with E-state index in [1.807, 2.05) is 0 Å². The molecule has 212 valence electrons. The van der Waals surface area contributed by atoms with Crippen LogP contribution in [-0.2, 0) is 9.59 Å². The average Bonchev–Trinajstić information content (AvgIpc) is 2.98. The van der Waals surface area contributed by atoms with Crippen LogP contribution in [0.4, 0.5) is 21.5 Å². The maximum absolute atomic E-state index is 14.0. The van der Waals surface area contributed by atoms with Crippen LogP contribution in [0.5, 0.6) is 0 Å². The number of rotatable bonds is 10. The van der Waals surface area contributed by atoms with Gasteiger partial charge in [0.05, 0.1) is 16.4 Å². The van der Waals surface area contributed by atoms with Gasteiger partial charge in [-0.3, -0.25) is 24.5 Å². The van der Waals surface area contributed by atoms with E-state index >= 15 is 0 Å². The molecule has 3 N–H and O–H groups in total. The largest absolute Gasteiger partial charge is 0.323 e. The lowest BCUT2D eigenvalue weighted by atomic mass is 10.1. The standard InChI is InChI=1S/C30H22BrFN4O5S/c31-21-11-14-26(25(32)16-21)34-28(37)18-42-24-8-4-7-22(17-24)33-30(39)27(35-29(38)20-5-2-1-3-6-20)15-19-9-12-23(13-10-19)36(40)41/h1-17H,18H2,(H,33,39)(H,34,37)(H,35,38)/b27-15+. The van der Waals surface area contributed by atoms with Crippen LogP contribution in [0.3, 0.4) is 0 Å². The van der Waals surface area contributed by atoms with Crippen molar-refractivity contribution in [2.75, 3.05) is 16.4 Å². The molecular formula is C30H22BrFN4O5S. The Balaban J connectivity index is 1.47. The number of nitrogens with zero attached hydrogens (tertiary/aromatic N) is 1. The Morgan fingerprint density at radius 3 is 2.33 bits per heavy atom. The fourth-order valence-electron chi connectivity index (χ4n) is 3.59. The Hall–Kier alpha value is -4.81. The van der Waals surface area contributed by atoms with Crippen molar-refractivity contribution in [3.8, 4) is 0 Å². The molecule has 0 atom stereocenters. The maximum Gasteiger partial charge on any atom is 0.272 e. The van der Waals surface area contributed by atoms with Gasteiger partial charge in [0.2, 0.25) is 5.91 Å². The number of carbonyl (C=O) groups is 3. The topological polar surface area (TPSA) is 130 Å². The number of benzene rings is 4. The number of nitrogens with one attached hydrogen (secondary N) is 3. The summed E-state index contributed by atoms with van der Waals surface area (Å²) in [5, 5.41) is 18.9. The summed E-state index contributed by atoms with van der Waals surface area (Å²) < 4.78 is 14.6. The molecule has 3 amide bonds. The minimum absolute atomic E-state index is 0.00860. The SMILES string of the molecule is O=C(CSc1cccc(NC(=O)/C(=C\c2ccc([N+](=O)[O-])cc2)NC(=O)c2ccccc2)c1)Nc1ccc(Br)cc1F. The van der Waals surface area contributed by atoms with Crippen LogP contribution in [0, 0.1) is 15.9 Å². The van der Waals surface area contributed by atoms with E-state index in [0.717, 1.165) is 0 Å². The van der Waals surface area contributed by atoms with E-state index in [0.29, 0.717) is 26.2 Å². The molecule has 9 nitrogen and oxygen atoms in total. The molecule has 4 rings (SSSR count). The predicted octanol–water partition coefficient (Wildman–Crippen LogP) is 6.64. The Bertz CT molecular complexity index is 1670. The molecule has 0 aliphatic rings. The van der Waals surface area contributed by atoms with Gasteiger partial charge in [-0.1, -0.05) is 40.2 Å². The number of halogens is 2. The molecule has 12 heteroatoms. The van der Waals surface area contributed by atoms with Crippen LogP contribution in [0.15, 0.2) is 112 Å². The van der Waals surface area contributed by atoms with Gasteiger partial charge in [0.1, 0.15) is 11.5 Å². The fourth-order valence-corrected chi connectivity index (χ4v) is 4.68. The van der Waals surface area contributed by atoms with Gasteiger partial charge < -0.3 is 16.0 Å². The molecule has 42 heavy (non-hydrogen) atoms. The van der Waals surface area contributed by atoms with Crippen LogP contribution in [0.1, 0.15) is 15.9 Å². The summed E-state index contributed by atoms with van der Waals surface area (Å²) in [6.45, 7) is 0. The molecule has 0 heterocycles. The summed E-state index contributed by atoms with van der Waals surface area (Å²) >= 11 is 4.36. The molecule has 0 aliphatic heterocycles. The van der Waals surface area contributed by atoms with Crippen molar-refractivity contribution in [3.63, 3.8) is 0 Å². The Morgan fingerprint density at radius 2 is 1.64 bits per heavy atom. The van der Waals surface area contributed by atoms with Gasteiger partial charge in [0.15, 0.2) is 0 Å². The number of non-ortho nitro benzene ring substituents is 1. The molecule has 0 fully saturated rings. The summed E-state index contributed by atoms with van der Waals surface area (Å²) in [7, 11) is 0. The first-order valence-corrected chi connectivity index (χ1v) is 14.1. The zero-order valence-corrected chi connectivity index (χ0v) is 24.1. The van der Waals surface area contributed by atoms with Gasteiger partial charge in [0.25, 0.3) is 17.5 Å². The van der Waals surface area contributed by atoms with E-state index in [9.17, 15) is 28.9 Å². The smallest absolute Gasteiger partial charge is 0.272 e. The summed E-state index contributed by atoms with van der Waals surface area (Å²) in [6, 6.07) is 24.9. The first-order valence-electron chi connectivity index (χ1n) is 12.3. The van der Waals surface area contributed by atoms with Crippen LogP contribution in [-0.4, -0.2) is 28.4 Å². The minimum Gasteiger partial charge on any atom is -0.323 e. The predicted molar refractivity (Wildman–Crippen MR) is 164 cm³/mol. The molecule has 0 unspecified atom stereocenters. The number of thioether (sulfide) groups is 1. The molecule has 0 radical (unpaired) electrons. The molecule has 0 aromatic heterocycles. The zero-order chi connectivity index (χ0) is 30.1. The van der Waals surface area contributed by atoms with E-state index in [-0.39, 0.29) is 22.8 Å². The van der Waals surface area contributed by atoms with Gasteiger partial charge in [0, 0.05) is 32.8 Å². The summed E-state index contributed by atoms with van der Waals surface area (Å²) in [4.78, 5) is 49.6. The van der Waals surface area contributed by atoms with Crippen molar-refractivity contribution >= 4 is 68.6 Å². The lowest BCUT2D eigenvalue weighted by Crippen LogP contribution is -2.30. The van der Waals surface area contributed by atoms with Gasteiger partial charge in [-0.2, -0.15) is 0 Å². The Kier molecular flexibility index (Phi) is 10.2. The van der Waals surface area contributed by atoms with E-state index < -0.39 is 28.5 Å². The summed E-state index contributed by atoms with van der Waals surface area (Å²) in [6.07, 6.45) is 1.41. The van der Waals surface area contributed by atoms with E-state index in [1.165, 1.54) is 54.2 Å². The molecule has 0 saturated heterocycles. The highest BCUT2D eigenvalue weighted by Gasteiger charge is 2.16. The quantitative estimate of drug-likeness (QED) is 0.0765. The highest BCUT2D eigenvalue weighted by molar-refractivity contribution is 9.10. The third-order valence-electron chi connectivity index (χ3n) is 5.61. The number of nitro groups is 1. The zero-order valence-electron chi connectivity index (χ0n) is 21.7. The van der Waals surface area contributed by atoms with E-state index in [4.69, 9.17) is 0 Å². The number of hydrogen-bond acceptors (Lipinski definition) is 6. The van der Waals surface area contributed by atoms with Gasteiger partial charge in [-0.15, -0.1) is 11.8 Å². The number of anilines is 2. The second-order valence-electron chi connectivity index (χ2n) is 8.67. The first-order chi connectivity index (χ1) is 20.2. The van der Waals surface area contributed by atoms with E-state index in [1.54, 1.807) is 60.7 Å². The number of nitro benzene ring substituents is 1. The second-order valence-corrected chi connectivity index (χ2v) is 10.6. The van der Waals surface area contributed by atoms with Crippen molar-refractivity contribution in [2.24, 2.45) is 0 Å². The highest BCUT2D eigenvalue weighted by Crippen LogP contribution is 2.24. The first kappa shape index (κ1) is 30.2. The van der Waals surface area contributed by atoms with Gasteiger partial charge in [-0.25, -0.2) is 4.39 Å². The molecular weight excluding hydrogens is 627 g/mol. The second kappa shape index (κ2) is 14.2.